The molecule has 0 spiro atoms. The number of ether oxygens (including phenoxy) is 1. The molecule has 2 aromatic rings. The van der Waals surface area contributed by atoms with E-state index in [0.717, 1.165) is 11.3 Å². The van der Waals surface area contributed by atoms with Crippen LogP contribution in [0.2, 0.25) is 0 Å². The van der Waals surface area contributed by atoms with Crippen LogP contribution in [0.25, 0.3) is 0 Å². The van der Waals surface area contributed by atoms with Crippen molar-refractivity contribution >= 4 is 17.4 Å². The molecule has 1 unspecified atom stereocenters. The minimum atomic E-state index is -0.735. The largest absolute Gasteiger partial charge is 0.382 e. The van der Waals surface area contributed by atoms with E-state index in [-0.39, 0.29) is 17.3 Å². The van der Waals surface area contributed by atoms with Crippen LogP contribution in [-0.4, -0.2) is 33.1 Å². The number of carbonyl (C=O) groups excluding carboxylic acids is 1. The summed E-state index contributed by atoms with van der Waals surface area (Å²) in [5.41, 5.74) is 1.98. The van der Waals surface area contributed by atoms with Gasteiger partial charge in [0.15, 0.2) is 5.82 Å². The van der Waals surface area contributed by atoms with Gasteiger partial charge in [0.2, 0.25) is 6.10 Å². The number of carbonyl (C=O) groups is 1. The molecule has 1 aromatic heterocycles. The van der Waals surface area contributed by atoms with Gasteiger partial charge in [0.05, 0.1) is 30.2 Å². The summed E-state index contributed by atoms with van der Waals surface area (Å²) >= 11 is 0. The van der Waals surface area contributed by atoms with Gasteiger partial charge in [0.25, 0.3) is 5.91 Å². The molecule has 26 heavy (non-hydrogen) atoms. The van der Waals surface area contributed by atoms with Gasteiger partial charge < -0.3 is 14.9 Å². The van der Waals surface area contributed by atoms with Crippen LogP contribution in [-0.2, 0) is 27.5 Å². The molecular formula is C18H19FN4O3. The number of rotatable bonds is 3. The second-order valence-corrected chi connectivity index (χ2v) is 7.06. The first-order valence-corrected chi connectivity index (χ1v) is 8.40. The van der Waals surface area contributed by atoms with Crippen molar-refractivity contribution in [3.63, 3.8) is 0 Å². The zero-order valence-electron chi connectivity index (χ0n) is 14.5. The average Bonchev–Trinajstić information content (AvgIpc) is 3.21. The number of nitrogens with zero attached hydrogens (tertiary/aromatic N) is 3. The Balaban J connectivity index is 1.39. The first-order chi connectivity index (χ1) is 12.4. The van der Waals surface area contributed by atoms with Crippen LogP contribution < -0.4 is 5.32 Å². The van der Waals surface area contributed by atoms with E-state index in [2.05, 4.69) is 15.6 Å². The molecular weight excluding hydrogens is 339 g/mol. The molecule has 1 aromatic carbocycles. The summed E-state index contributed by atoms with van der Waals surface area (Å²) in [5.74, 6) is -0.176. The van der Waals surface area contributed by atoms with Gasteiger partial charge in [-0.1, -0.05) is 17.3 Å². The standard InChI is InChI=1S/C18H19FN4O3/c1-18(2)10-23-13(9-25-18)7-16(21-23)20-17(24)15-8-14(22-26-15)11-3-5-12(19)6-4-11/h3-7,15H,8-10H2,1-2H3,(H,20,21,24). The summed E-state index contributed by atoms with van der Waals surface area (Å²) in [4.78, 5) is 17.7. The van der Waals surface area contributed by atoms with Crippen LogP contribution in [0.3, 0.4) is 0 Å². The SMILES string of the molecule is CC1(C)Cn2nc(NC(=O)C3CC(c4ccc(F)cc4)=NO3)cc2CO1. The van der Waals surface area contributed by atoms with Gasteiger partial charge in [-0.05, 0) is 31.5 Å². The van der Waals surface area contributed by atoms with Gasteiger partial charge in [0, 0.05) is 12.5 Å². The summed E-state index contributed by atoms with van der Waals surface area (Å²) in [6.07, 6.45) is -0.414. The summed E-state index contributed by atoms with van der Waals surface area (Å²) in [5, 5.41) is 11.1. The molecule has 0 fully saturated rings. The zero-order valence-corrected chi connectivity index (χ0v) is 14.5. The van der Waals surface area contributed by atoms with E-state index in [9.17, 15) is 9.18 Å². The van der Waals surface area contributed by atoms with Crippen LogP contribution >= 0.6 is 0 Å². The number of oxime groups is 1. The normalized spacial score (nSPS) is 20.9. The maximum absolute atomic E-state index is 13.0. The molecule has 2 aliphatic rings. The first kappa shape index (κ1) is 16.7. The molecule has 0 saturated heterocycles. The molecule has 0 saturated carbocycles. The lowest BCUT2D eigenvalue weighted by molar-refractivity contribution is -0.125. The van der Waals surface area contributed by atoms with Crippen LogP contribution in [0.15, 0.2) is 35.5 Å². The van der Waals surface area contributed by atoms with Crippen molar-refractivity contribution in [2.45, 2.75) is 45.1 Å². The third-order valence-electron chi connectivity index (χ3n) is 4.39. The van der Waals surface area contributed by atoms with E-state index in [1.54, 1.807) is 18.2 Å². The lowest BCUT2D eigenvalue weighted by atomic mass is 10.0. The number of fused-ring (bicyclic) bond motifs is 1. The maximum Gasteiger partial charge on any atom is 0.269 e. The Morgan fingerprint density at radius 1 is 1.35 bits per heavy atom. The molecule has 0 aliphatic carbocycles. The van der Waals surface area contributed by atoms with Gasteiger partial charge in [-0.3, -0.25) is 9.48 Å². The third-order valence-corrected chi connectivity index (χ3v) is 4.39. The van der Waals surface area contributed by atoms with E-state index in [4.69, 9.17) is 9.57 Å². The summed E-state index contributed by atoms with van der Waals surface area (Å²) < 4.78 is 20.6. The van der Waals surface area contributed by atoms with E-state index >= 15 is 0 Å². The fourth-order valence-electron chi connectivity index (χ4n) is 2.98. The fourth-order valence-corrected chi connectivity index (χ4v) is 2.98. The molecule has 1 amide bonds. The number of aromatic nitrogens is 2. The highest BCUT2D eigenvalue weighted by Crippen LogP contribution is 2.25. The predicted molar refractivity (Wildman–Crippen MR) is 92.2 cm³/mol. The number of anilines is 1. The number of halogens is 1. The van der Waals surface area contributed by atoms with Gasteiger partial charge in [0.1, 0.15) is 5.82 Å². The average molecular weight is 358 g/mol. The van der Waals surface area contributed by atoms with Crippen LogP contribution in [0.4, 0.5) is 10.2 Å². The van der Waals surface area contributed by atoms with Crippen LogP contribution in [0.1, 0.15) is 31.5 Å². The molecule has 1 N–H and O–H groups in total. The third kappa shape index (κ3) is 3.32. The van der Waals surface area contributed by atoms with Gasteiger partial charge in [-0.15, -0.1) is 0 Å². The van der Waals surface area contributed by atoms with E-state index in [0.29, 0.717) is 31.1 Å². The smallest absolute Gasteiger partial charge is 0.269 e. The highest BCUT2D eigenvalue weighted by atomic mass is 19.1. The van der Waals surface area contributed by atoms with Crippen molar-refractivity contribution in [1.82, 2.24) is 9.78 Å². The van der Waals surface area contributed by atoms with Gasteiger partial charge >= 0.3 is 0 Å². The zero-order chi connectivity index (χ0) is 18.3. The lowest BCUT2D eigenvalue weighted by Gasteiger charge is -2.30. The van der Waals surface area contributed by atoms with E-state index < -0.39 is 6.10 Å². The summed E-state index contributed by atoms with van der Waals surface area (Å²) in [6, 6.07) is 7.73. The Morgan fingerprint density at radius 3 is 2.88 bits per heavy atom. The van der Waals surface area contributed by atoms with Gasteiger partial charge in [-0.2, -0.15) is 5.10 Å². The monoisotopic (exact) mass is 358 g/mol. The molecule has 0 bridgehead atoms. The van der Waals surface area contributed by atoms with Crippen molar-refractivity contribution in [3.05, 3.63) is 47.4 Å². The topological polar surface area (TPSA) is 77.7 Å². The molecule has 3 heterocycles. The number of hydrogen-bond donors (Lipinski definition) is 1. The van der Waals surface area contributed by atoms with Crippen molar-refractivity contribution in [1.29, 1.82) is 0 Å². The minimum absolute atomic E-state index is 0.285. The predicted octanol–water partition coefficient (Wildman–Crippen LogP) is 2.46. The summed E-state index contributed by atoms with van der Waals surface area (Å²) in [6.45, 7) is 5.07. The Hall–Kier alpha value is -2.74. The first-order valence-electron chi connectivity index (χ1n) is 8.40. The molecule has 7 nitrogen and oxygen atoms in total. The lowest BCUT2D eigenvalue weighted by Crippen LogP contribution is -2.36. The molecule has 2 aliphatic heterocycles. The molecule has 0 radical (unpaired) electrons. The Kier molecular flexibility index (Phi) is 3.99. The van der Waals surface area contributed by atoms with Crippen LogP contribution in [0.5, 0.6) is 0 Å². The molecule has 4 rings (SSSR count). The summed E-state index contributed by atoms with van der Waals surface area (Å²) in [7, 11) is 0. The van der Waals surface area contributed by atoms with Crippen molar-refractivity contribution in [3.8, 4) is 0 Å². The molecule has 8 heteroatoms. The van der Waals surface area contributed by atoms with E-state index in [1.807, 2.05) is 18.5 Å². The van der Waals surface area contributed by atoms with Crippen molar-refractivity contribution in [2.75, 3.05) is 5.32 Å². The van der Waals surface area contributed by atoms with Gasteiger partial charge in [-0.25, -0.2) is 4.39 Å². The van der Waals surface area contributed by atoms with Crippen molar-refractivity contribution in [2.24, 2.45) is 5.16 Å². The quantitative estimate of drug-likeness (QED) is 0.914. The second-order valence-electron chi connectivity index (χ2n) is 7.06. The number of nitrogens with one attached hydrogen (secondary N) is 1. The maximum atomic E-state index is 13.0. The Morgan fingerprint density at radius 2 is 2.12 bits per heavy atom. The van der Waals surface area contributed by atoms with Crippen molar-refractivity contribution < 1.29 is 18.8 Å². The minimum Gasteiger partial charge on any atom is -0.382 e. The Bertz CT molecular complexity index is 873. The molecule has 136 valence electrons. The Labute approximate surface area is 149 Å². The highest BCUT2D eigenvalue weighted by Gasteiger charge is 2.31. The number of hydrogen-bond acceptors (Lipinski definition) is 5. The highest BCUT2D eigenvalue weighted by molar-refractivity contribution is 6.05. The molecule has 1 atom stereocenters. The fraction of sp³-hybridized carbons (Fsp3) is 0.389. The number of amides is 1. The van der Waals surface area contributed by atoms with E-state index in [1.165, 1.54) is 12.1 Å². The van der Waals surface area contributed by atoms with Crippen LogP contribution in [0, 0.1) is 5.82 Å². The second kappa shape index (κ2) is 6.21. The number of benzene rings is 1.